The molecule has 0 aliphatic carbocycles. The molecule has 0 radical (unpaired) electrons. The summed E-state index contributed by atoms with van der Waals surface area (Å²) in [5.41, 5.74) is -0.738. The van der Waals surface area contributed by atoms with E-state index in [0.29, 0.717) is 62.9 Å². The van der Waals surface area contributed by atoms with Crippen molar-refractivity contribution in [1.29, 1.82) is 5.26 Å². The summed E-state index contributed by atoms with van der Waals surface area (Å²) < 4.78 is 51.5. The van der Waals surface area contributed by atoms with Crippen molar-refractivity contribution in [1.82, 2.24) is 9.88 Å². The molecule has 1 aromatic heterocycles. The van der Waals surface area contributed by atoms with Crippen LogP contribution in [0.1, 0.15) is 34.8 Å². The lowest BCUT2D eigenvalue weighted by Gasteiger charge is -2.43. The van der Waals surface area contributed by atoms with E-state index in [1.807, 2.05) is 11.8 Å². The number of fused-ring (bicyclic) bond motifs is 1. The fraction of sp³-hybridized carbons (Fsp3) is 0.480. The van der Waals surface area contributed by atoms with Gasteiger partial charge in [-0.2, -0.15) is 18.4 Å². The molecule has 2 unspecified atom stereocenters. The van der Waals surface area contributed by atoms with Crippen LogP contribution in [0, 0.1) is 22.7 Å². The molecule has 35 heavy (non-hydrogen) atoms. The van der Waals surface area contributed by atoms with E-state index in [-0.39, 0.29) is 17.2 Å². The van der Waals surface area contributed by atoms with E-state index < -0.39 is 17.3 Å². The van der Waals surface area contributed by atoms with E-state index in [0.717, 1.165) is 6.07 Å². The van der Waals surface area contributed by atoms with Crippen molar-refractivity contribution < 1.29 is 27.4 Å². The molecule has 0 saturated carbocycles. The third-order valence-electron chi connectivity index (χ3n) is 7.00. The van der Waals surface area contributed by atoms with Crippen LogP contribution in [-0.2, 0) is 10.9 Å². The molecule has 2 atom stereocenters. The lowest BCUT2D eigenvalue weighted by molar-refractivity contribution is -0.137. The first kappa shape index (κ1) is 24.8. The number of anilines is 1. The van der Waals surface area contributed by atoms with Crippen LogP contribution in [0.5, 0.6) is 5.88 Å². The van der Waals surface area contributed by atoms with E-state index in [1.165, 1.54) is 19.4 Å². The highest BCUT2D eigenvalue weighted by Gasteiger charge is 2.50. The molecule has 1 amide bonds. The SMILES string of the molecule is CCOCC12CCN(C(=O)c3ccc(OC)nc3)CC1CN(c1ccc(C#N)c(C(F)(F)F)c1)C2. The summed E-state index contributed by atoms with van der Waals surface area (Å²) in [4.78, 5) is 20.9. The number of hydrogen-bond donors (Lipinski definition) is 0. The van der Waals surface area contributed by atoms with E-state index in [9.17, 15) is 18.0 Å². The first-order chi connectivity index (χ1) is 16.7. The number of carbonyl (C=O) groups is 1. The first-order valence-corrected chi connectivity index (χ1v) is 11.4. The molecule has 0 N–H and O–H groups in total. The Kier molecular flexibility index (Phi) is 6.90. The summed E-state index contributed by atoms with van der Waals surface area (Å²) in [6.07, 6.45) is -2.46. The Balaban J connectivity index is 1.58. The van der Waals surface area contributed by atoms with Gasteiger partial charge in [0.1, 0.15) is 0 Å². The van der Waals surface area contributed by atoms with Crippen molar-refractivity contribution in [3.8, 4) is 11.9 Å². The highest BCUT2D eigenvalue weighted by molar-refractivity contribution is 5.94. The molecule has 2 saturated heterocycles. The molecular formula is C25H27F3N4O3. The van der Waals surface area contributed by atoms with Crippen LogP contribution >= 0.6 is 0 Å². The van der Waals surface area contributed by atoms with Crippen LogP contribution in [-0.4, -0.2) is 62.3 Å². The molecule has 2 aliphatic heterocycles. The Morgan fingerprint density at radius 1 is 1.29 bits per heavy atom. The molecule has 7 nitrogen and oxygen atoms in total. The van der Waals surface area contributed by atoms with Gasteiger partial charge in [0, 0.05) is 62.1 Å². The monoisotopic (exact) mass is 488 g/mol. The molecule has 0 spiro atoms. The Hall–Kier alpha value is -3.32. The third-order valence-corrected chi connectivity index (χ3v) is 7.00. The van der Waals surface area contributed by atoms with Gasteiger partial charge < -0.3 is 19.3 Å². The molecule has 2 aliphatic rings. The van der Waals surface area contributed by atoms with Crippen LogP contribution in [0.15, 0.2) is 36.5 Å². The molecule has 2 aromatic rings. The van der Waals surface area contributed by atoms with Gasteiger partial charge in [0.2, 0.25) is 5.88 Å². The number of aromatic nitrogens is 1. The summed E-state index contributed by atoms with van der Waals surface area (Å²) in [6, 6.07) is 8.78. The summed E-state index contributed by atoms with van der Waals surface area (Å²) in [6.45, 7) is 4.90. The largest absolute Gasteiger partial charge is 0.481 e. The van der Waals surface area contributed by atoms with Crippen molar-refractivity contribution in [2.45, 2.75) is 19.5 Å². The number of likely N-dealkylation sites (tertiary alicyclic amines) is 1. The maximum Gasteiger partial charge on any atom is 0.417 e. The topological polar surface area (TPSA) is 78.7 Å². The second kappa shape index (κ2) is 9.74. The number of halogens is 3. The highest BCUT2D eigenvalue weighted by Crippen LogP contribution is 2.45. The summed E-state index contributed by atoms with van der Waals surface area (Å²) in [5.74, 6) is 0.298. The lowest BCUT2D eigenvalue weighted by Crippen LogP contribution is -2.51. The minimum absolute atomic E-state index is 0.0166. The number of carbonyl (C=O) groups excluding carboxylic acids is 1. The van der Waals surface area contributed by atoms with Gasteiger partial charge in [-0.3, -0.25) is 4.79 Å². The van der Waals surface area contributed by atoms with Crippen LogP contribution < -0.4 is 9.64 Å². The van der Waals surface area contributed by atoms with Gasteiger partial charge in [-0.1, -0.05) is 0 Å². The summed E-state index contributed by atoms with van der Waals surface area (Å²) in [7, 11) is 1.50. The molecule has 186 valence electrons. The minimum Gasteiger partial charge on any atom is -0.481 e. The standard InChI is InChI=1S/C25H27F3N4O3/c1-3-35-16-24-8-9-31(23(33)18-5-7-22(34-2)30-12-18)13-19(24)14-32(15-24)20-6-4-17(11-29)21(10-20)25(26,27)28/h4-7,10,12,19H,3,8-9,13-16H2,1-2H3. The average Bonchev–Trinajstić information content (AvgIpc) is 3.25. The second-order valence-electron chi connectivity index (χ2n) is 9.01. The van der Waals surface area contributed by atoms with Crippen molar-refractivity contribution in [3.05, 3.63) is 53.2 Å². The van der Waals surface area contributed by atoms with Gasteiger partial charge in [0.05, 0.1) is 36.5 Å². The number of piperidine rings is 1. The van der Waals surface area contributed by atoms with Gasteiger partial charge in [0.25, 0.3) is 5.91 Å². The Morgan fingerprint density at radius 3 is 2.71 bits per heavy atom. The van der Waals surface area contributed by atoms with Crippen LogP contribution in [0.2, 0.25) is 0 Å². The van der Waals surface area contributed by atoms with Gasteiger partial charge in [-0.25, -0.2) is 4.98 Å². The van der Waals surface area contributed by atoms with Gasteiger partial charge in [-0.15, -0.1) is 0 Å². The maximum atomic E-state index is 13.5. The van der Waals surface area contributed by atoms with Crippen LogP contribution in [0.4, 0.5) is 18.9 Å². The molecule has 4 rings (SSSR count). The van der Waals surface area contributed by atoms with Gasteiger partial charge in [0.15, 0.2) is 0 Å². The quantitative estimate of drug-likeness (QED) is 0.612. The fourth-order valence-electron chi connectivity index (χ4n) is 5.08. The molecule has 3 heterocycles. The smallest absolute Gasteiger partial charge is 0.417 e. The zero-order valence-electron chi connectivity index (χ0n) is 19.6. The number of benzene rings is 1. The van der Waals surface area contributed by atoms with E-state index in [2.05, 4.69) is 4.98 Å². The summed E-state index contributed by atoms with van der Waals surface area (Å²) >= 11 is 0. The number of methoxy groups -OCH3 is 1. The van der Waals surface area contributed by atoms with E-state index in [1.54, 1.807) is 29.2 Å². The maximum absolute atomic E-state index is 13.5. The van der Waals surface area contributed by atoms with E-state index >= 15 is 0 Å². The van der Waals surface area contributed by atoms with Crippen molar-refractivity contribution in [2.75, 3.05) is 51.4 Å². The van der Waals surface area contributed by atoms with Crippen molar-refractivity contribution in [3.63, 3.8) is 0 Å². The number of alkyl halides is 3. The average molecular weight is 489 g/mol. The number of hydrogen-bond acceptors (Lipinski definition) is 6. The normalized spacial score (nSPS) is 22.0. The zero-order valence-corrected chi connectivity index (χ0v) is 19.6. The number of amides is 1. The van der Waals surface area contributed by atoms with Gasteiger partial charge in [-0.05, 0) is 37.6 Å². The Labute approximate surface area is 202 Å². The Morgan fingerprint density at radius 2 is 2.09 bits per heavy atom. The van der Waals surface area contributed by atoms with Crippen molar-refractivity contribution >= 4 is 11.6 Å². The van der Waals surface area contributed by atoms with E-state index in [4.69, 9.17) is 14.7 Å². The predicted octanol–water partition coefficient (Wildman–Crippen LogP) is 3.99. The molecule has 0 bridgehead atoms. The molecule has 1 aromatic carbocycles. The van der Waals surface area contributed by atoms with Crippen LogP contribution in [0.25, 0.3) is 0 Å². The zero-order chi connectivity index (χ0) is 25.2. The number of pyridine rings is 1. The fourth-order valence-corrected chi connectivity index (χ4v) is 5.08. The minimum atomic E-state index is -4.62. The highest BCUT2D eigenvalue weighted by atomic mass is 19.4. The first-order valence-electron chi connectivity index (χ1n) is 11.4. The predicted molar refractivity (Wildman–Crippen MR) is 122 cm³/mol. The number of nitriles is 1. The van der Waals surface area contributed by atoms with Gasteiger partial charge >= 0.3 is 6.18 Å². The third kappa shape index (κ3) is 4.91. The molecule has 2 fully saturated rings. The molecular weight excluding hydrogens is 461 g/mol. The summed E-state index contributed by atoms with van der Waals surface area (Å²) in [5, 5.41) is 9.12. The number of rotatable bonds is 6. The van der Waals surface area contributed by atoms with Crippen molar-refractivity contribution in [2.24, 2.45) is 11.3 Å². The molecule has 10 heteroatoms. The second-order valence-corrected chi connectivity index (χ2v) is 9.01. The lowest BCUT2D eigenvalue weighted by atomic mass is 9.73. The number of nitrogens with zero attached hydrogens (tertiary/aromatic N) is 4. The Bertz CT molecular complexity index is 1120. The number of ether oxygens (including phenoxy) is 2. The van der Waals surface area contributed by atoms with Crippen LogP contribution in [0.3, 0.4) is 0 Å².